The summed E-state index contributed by atoms with van der Waals surface area (Å²) in [5.41, 5.74) is 0.764. The Bertz CT molecular complexity index is 930. The highest BCUT2D eigenvalue weighted by Gasteiger charge is 2.45. The molecule has 3 rings (SSSR count). The van der Waals surface area contributed by atoms with Crippen molar-refractivity contribution >= 4 is 16.3 Å². The second kappa shape index (κ2) is 10.6. The number of hydrogen-bond acceptors (Lipinski definition) is 6. The van der Waals surface area contributed by atoms with Crippen molar-refractivity contribution in [1.29, 1.82) is 0 Å². The van der Waals surface area contributed by atoms with Crippen LogP contribution in [0.3, 0.4) is 0 Å². The molecule has 2 aliphatic rings. The van der Waals surface area contributed by atoms with E-state index in [0.717, 1.165) is 9.87 Å². The van der Waals surface area contributed by atoms with E-state index in [1.807, 2.05) is 13.0 Å². The molecule has 1 aliphatic carbocycles. The van der Waals surface area contributed by atoms with Crippen molar-refractivity contribution in [3.05, 3.63) is 35.6 Å². The molecule has 0 bridgehead atoms. The molecule has 6 atom stereocenters. The molecule has 0 radical (unpaired) electrons. The minimum Gasteiger partial charge on any atom is -0.453 e. The molecule has 1 aromatic rings. The molecule has 1 aliphatic heterocycles. The third-order valence-electron chi connectivity index (χ3n) is 6.61. The van der Waals surface area contributed by atoms with Crippen LogP contribution in [0.4, 0.5) is 9.18 Å². The summed E-state index contributed by atoms with van der Waals surface area (Å²) in [4.78, 5) is 13.9. The topological polar surface area (TPSA) is 108 Å². The van der Waals surface area contributed by atoms with Crippen molar-refractivity contribution in [2.75, 3.05) is 27.8 Å². The van der Waals surface area contributed by atoms with Gasteiger partial charge in [-0.15, -0.1) is 0 Å². The molecule has 2 N–H and O–H groups in total. The molecule has 0 aromatic heterocycles. The SMILES string of the molecule is COC(=O)N1[C@H](C)C[C@H](NS(=O)(=O)N(C)C)[C@@H]1CO[C@H]1CCC(c2cccc(F)c2)C(O)C1. The molecule has 2 fully saturated rings. The molecule has 1 aromatic carbocycles. The van der Waals surface area contributed by atoms with Crippen molar-refractivity contribution in [3.63, 3.8) is 0 Å². The molecule has 1 saturated heterocycles. The third-order valence-corrected chi connectivity index (χ3v) is 8.17. The number of amides is 1. The second-order valence-corrected chi connectivity index (χ2v) is 11.0. The fourth-order valence-corrected chi connectivity index (χ4v) is 5.67. The van der Waals surface area contributed by atoms with Gasteiger partial charge in [0.05, 0.1) is 32.0 Å². The van der Waals surface area contributed by atoms with Gasteiger partial charge >= 0.3 is 6.09 Å². The lowest BCUT2D eigenvalue weighted by atomic mass is 9.80. The van der Waals surface area contributed by atoms with Gasteiger partial charge in [-0.3, -0.25) is 4.90 Å². The molecule has 33 heavy (non-hydrogen) atoms. The summed E-state index contributed by atoms with van der Waals surface area (Å²) in [6.45, 7) is 1.93. The number of nitrogens with one attached hydrogen (secondary N) is 1. The Hall–Kier alpha value is -1.79. The summed E-state index contributed by atoms with van der Waals surface area (Å²) >= 11 is 0. The number of hydrogen-bond donors (Lipinski definition) is 2. The van der Waals surface area contributed by atoms with Gasteiger partial charge < -0.3 is 14.6 Å². The average molecular weight is 488 g/mol. The summed E-state index contributed by atoms with van der Waals surface area (Å²) in [5.74, 6) is -0.499. The van der Waals surface area contributed by atoms with Crippen LogP contribution in [-0.2, 0) is 19.7 Å². The standard InChI is InChI=1S/C22H34FN3O6S/c1-14-10-19(24-33(29,30)25(2)3)20(26(14)22(28)31-4)13-32-17-8-9-18(21(27)12-17)15-6-5-7-16(23)11-15/h5-7,11,14,17-21,24,27H,8-10,12-13H2,1-4H3/t14-,17+,18?,19+,20+,21?/m1/s1. The van der Waals surface area contributed by atoms with E-state index in [1.165, 1.54) is 38.2 Å². The van der Waals surface area contributed by atoms with E-state index in [1.54, 1.807) is 6.07 Å². The second-order valence-electron chi connectivity index (χ2n) is 9.04. The Morgan fingerprint density at radius 1 is 1.30 bits per heavy atom. The Labute approximate surface area is 195 Å². The van der Waals surface area contributed by atoms with Crippen LogP contribution in [0, 0.1) is 5.82 Å². The molecular formula is C22H34FN3O6S. The number of aliphatic hydroxyl groups excluding tert-OH is 1. The van der Waals surface area contributed by atoms with Gasteiger partial charge in [0, 0.05) is 38.5 Å². The Kier molecular flexibility index (Phi) is 8.33. The smallest absolute Gasteiger partial charge is 0.410 e. The summed E-state index contributed by atoms with van der Waals surface area (Å²) in [6.07, 6.45) is 0.596. The number of rotatable bonds is 7. The van der Waals surface area contributed by atoms with E-state index in [2.05, 4.69) is 4.72 Å². The van der Waals surface area contributed by atoms with Gasteiger partial charge in [0.15, 0.2) is 0 Å². The number of nitrogens with zero attached hydrogens (tertiary/aromatic N) is 2. The number of ether oxygens (including phenoxy) is 2. The van der Waals surface area contributed by atoms with Crippen LogP contribution in [-0.4, -0.2) is 87.0 Å². The van der Waals surface area contributed by atoms with E-state index >= 15 is 0 Å². The minimum atomic E-state index is -3.71. The van der Waals surface area contributed by atoms with Crippen LogP contribution < -0.4 is 4.72 Å². The normalized spacial score (nSPS) is 30.6. The minimum absolute atomic E-state index is 0.0993. The maximum Gasteiger partial charge on any atom is 0.410 e. The first kappa shape index (κ1) is 25.8. The van der Waals surface area contributed by atoms with Crippen molar-refractivity contribution in [2.45, 2.75) is 68.9 Å². The number of aliphatic hydroxyl groups is 1. The number of carbonyl (C=O) groups excluding carboxylic acids is 1. The van der Waals surface area contributed by atoms with Gasteiger partial charge in [-0.05, 0) is 43.9 Å². The number of methoxy groups -OCH3 is 1. The van der Waals surface area contributed by atoms with Gasteiger partial charge in [-0.2, -0.15) is 17.4 Å². The first-order valence-corrected chi connectivity index (χ1v) is 12.6. The van der Waals surface area contributed by atoms with E-state index in [9.17, 15) is 22.7 Å². The van der Waals surface area contributed by atoms with Crippen molar-refractivity contribution in [2.24, 2.45) is 0 Å². The fourth-order valence-electron chi connectivity index (χ4n) is 4.82. The molecule has 1 heterocycles. The molecule has 1 amide bonds. The molecule has 2 unspecified atom stereocenters. The zero-order valence-electron chi connectivity index (χ0n) is 19.5. The number of likely N-dealkylation sites (tertiary alicyclic amines) is 1. The average Bonchev–Trinajstić information content (AvgIpc) is 3.05. The predicted molar refractivity (Wildman–Crippen MR) is 120 cm³/mol. The van der Waals surface area contributed by atoms with Gasteiger partial charge in [0.1, 0.15) is 5.82 Å². The summed E-state index contributed by atoms with van der Waals surface area (Å²) < 4.78 is 53.2. The van der Waals surface area contributed by atoms with E-state index < -0.39 is 34.5 Å². The van der Waals surface area contributed by atoms with Crippen molar-refractivity contribution < 1.29 is 32.2 Å². The van der Waals surface area contributed by atoms with Gasteiger partial charge in [0.2, 0.25) is 0 Å². The maximum atomic E-state index is 13.6. The zero-order valence-corrected chi connectivity index (χ0v) is 20.3. The largest absolute Gasteiger partial charge is 0.453 e. The maximum absolute atomic E-state index is 13.6. The zero-order chi connectivity index (χ0) is 24.3. The summed E-state index contributed by atoms with van der Waals surface area (Å²) in [7, 11) is 0.444. The van der Waals surface area contributed by atoms with Crippen molar-refractivity contribution in [1.82, 2.24) is 13.9 Å². The number of carbonyl (C=O) groups is 1. The van der Waals surface area contributed by atoms with Crippen LogP contribution >= 0.6 is 0 Å². The molecule has 1 saturated carbocycles. The number of benzene rings is 1. The van der Waals surface area contributed by atoms with Crippen LogP contribution in [0.15, 0.2) is 24.3 Å². The van der Waals surface area contributed by atoms with Gasteiger partial charge in [0.25, 0.3) is 10.2 Å². The lowest BCUT2D eigenvalue weighted by Crippen LogP contribution is -2.52. The van der Waals surface area contributed by atoms with E-state index in [-0.39, 0.29) is 30.5 Å². The highest BCUT2D eigenvalue weighted by molar-refractivity contribution is 7.87. The lowest BCUT2D eigenvalue weighted by Gasteiger charge is -2.35. The molecular weight excluding hydrogens is 453 g/mol. The molecule has 0 spiro atoms. The molecule has 9 nitrogen and oxygen atoms in total. The van der Waals surface area contributed by atoms with Crippen molar-refractivity contribution in [3.8, 4) is 0 Å². The Balaban J connectivity index is 1.67. The van der Waals surface area contributed by atoms with E-state index in [0.29, 0.717) is 25.7 Å². The van der Waals surface area contributed by atoms with Crippen LogP contribution in [0.5, 0.6) is 0 Å². The van der Waals surface area contributed by atoms with Crippen LogP contribution in [0.1, 0.15) is 44.1 Å². The quantitative estimate of drug-likeness (QED) is 0.608. The third kappa shape index (κ3) is 6.02. The van der Waals surface area contributed by atoms with Gasteiger partial charge in [-0.1, -0.05) is 12.1 Å². The molecule has 186 valence electrons. The summed E-state index contributed by atoms with van der Waals surface area (Å²) in [5, 5.41) is 10.7. The predicted octanol–water partition coefficient (Wildman–Crippen LogP) is 1.83. The highest BCUT2D eigenvalue weighted by Crippen LogP contribution is 2.35. The van der Waals surface area contributed by atoms with E-state index in [4.69, 9.17) is 9.47 Å². The van der Waals surface area contributed by atoms with Crippen LogP contribution in [0.25, 0.3) is 0 Å². The highest BCUT2D eigenvalue weighted by atomic mass is 32.2. The van der Waals surface area contributed by atoms with Gasteiger partial charge in [-0.25, -0.2) is 9.18 Å². The molecule has 11 heteroatoms. The first-order chi connectivity index (χ1) is 15.5. The van der Waals surface area contributed by atoms with Crippen LogP contribution in [0.2, 0.25) is 0 Å². The fraction of sp³-hybridized carbons (Fsp3) is 0.682. The lowest BCUT2D eigenvalue weighted by molar-refractivity contribution is -0.0416. The monoisotopic (exact) mass is 487 g/mol. The Morgan fingerprint density at radius 2 is 2.03 bits per heavy atom. The first-order valence-electron chi connectivity index (χ1n) is 11.1. The summed E-state index contributed by atoms with van der Waals surface area (Å²) in [6, 6.07) is 4.94. The Morgan fingerprint density at radius 3 is 2.64 bits per heavy atom. The number of halogens is 1.